The molecule has 1 fully saturated rings. The van der Waals surface area contributed by atoms with Crippen LogP contribution < -0.4 is 0 Å². The fourth-order valence-electron chi connectivity index (χ4n) is 1.75. The third kappa shape index (κ3) is 3.61. The SMILES string of the molecule is CC1(C(=O)O)CCN(C(=O)CC(F)(F)F)CC1. The van der Waals surface area contributed by atoms with E-state index >= 15 is 0 Å². The Kier molecular flexibility index (Phi) is 3.68. The first-order chi connectivity index (χ1) is 7.64. The van der Waals surface area contributed by atoms with Crippen LogP contribution in [-0.4, -0.2) is 41.1 Å². The molecule has 7 heteroatoms. The second kappa shape index (κ2) is 4.54. The van der Waals surface area contributed by atoms with Crippen LogP contribution in [-0.2, 0) is 9.59 Å². The highest BCUT2D eigenvalue weighted by molar-refractivity contribution is 5.78. The highest BCUT2D eigenvalue weighted by Crippen LogP contribution is 2.32. The van der Waals surface area contributed by atoms with Crippen molar-refractivity contribution in [2.24, 2.45) is 5.41 Å². The van der Waals surface area contributed by atoms with E-state index in [0.717, 1.165) is 4.90 Å². The van der Waals surface area contributed by atoms with Crippen molar-refractivity contribution < 1.29 is 27.9 Å². The van der Waals surface area contributed by atoms with Crippen molar-refractivity contribution in [3.8, 4) is 0 Å². The lowest BCUT2D eigenvalue weighted by atomic mass is 9.80. The average Bonchev–Trinajstić information content (AvgIpc) is 2.15. The number of carboxylic acid groups (broad SMARTS) is 1. The van der Waals surface area contributed by atoms with Crippen LogP contribution in [0.2, 0.25) is 0 Å². The molecule has 0 aromatic carbocycles. The number of aliphatic carboxylic acids is 1. The lowest BCUT2D eigenvalue weighted by Crippen LogP contribution is -2.46. The number of rotatable bonds is 2. The molecule has 1 saturated heterocycles. The molecular formula is C10H14F3NO3. The molecule has 1 amide bonds. The lowest BCUT2D eigenvalue weighted by molar-refractivity contribution is -0.165. The Morgan fingerprint density at radius 1 is 1.29 bits per heavy atom. The van der Waals surface area contributed by atoms with Crippen LogP contribution in [0.25, 0.3) is 0 Å². The van der Waals surface area contributed by atoms with Gasteiger partial charge in [0, 0.05) is 13.1 Å². The summed E-state index contributed by atoms with van der Waals surface area (Å²) in [5, 5.41) is 8.93. The van der Waals surface area contributed by atoms with E-state index in [1.807, 2.05) is 0 Å². The van der Waals surface area contributed by atoms with Crippen molar-refractivity contribution in [3.05, 3.63) is 0 Å². The summed E-state index contributed by atoms with van der Waals surface area (Å²) in [6.45, 7) is 1.68. The van der Waals surface area contributed by atoms with Crippen LogP contribution in [0.3, 0.4) is 0 Å². The van der Waals surface area contributed by atoms with Gasteiger partial charge in [0.15, 0.2) is 0 Å². The van der Waals surface area contributed by atoms with E-state index in [4.69, 9.17) is 5.11 Å². The van der Waals surface area contributed by atoms with Gasteiger partial charge >= 0.3 is 12.1 Å². The number of nitrogens with zero attached hydrogens (tertiary/aromatic N) is 1. The zero-order valence-corrected chi connectivity index (χ0v) is 9.38. The Bertz CT molecular complexity index is 319. The molecule has 1 aliphatic rings. The van der Waals surface area contributed by atoms with E-state index in [2.05, 4.69) is 0 Å². The minimum absolute atomic E-state index is 0.0672. The normalized spacial score (nSPS) is 20.1. The Morgan fingerprint density at radius 2 is 1.76 bits per heavy atom. The van der Waals surface area contributed by atoms with Gasteiger partial charge in [-0.3, -0.25) is 9.59 Å². The topological polar surface area (TPSA) is 57.6 Å². The first kappa shape index (κ1) is 13.8. The average molecular weight is 253 g/mol. The summed E-state index contributed by atoms with van der Waals surface area (Å²) in [6, 6.07) is 0. The number of amides is 1. The molecule has 0 atom stereocenters. The van der Waals surface area contributed by atoms with E-state index in [-0.39, 0.29) is 25.9 Å². The molecule has 98 valence electrons. The molecule has 0 aliphatic carbocycles. The molecule has 0 bridgehead atoms. The van der Waals surface area contributed by atoms with Gasteiger partial charge in [0.25, 0.3) is 0 Å². The van der Waals surface area contributed by atoms with E-state index in [1.54, 1.807) is 6.92 Å². The molecule has 1 N–H and O–H groups in total. The molecular weight excluding hydrogens is 239 g/mol. The number of hydrogen-bond acceptors (Lipinski definition) is 2. The predicted molar refractivity (Wildman–Crippen MR) is 52.2 cm³/mol. The fourth-order valence-corrected chi connectivity index (χ4v) is 1.75. The number of carboxylic acids is 1. The summed E-state index contributed by atoms with van der Waals surface area (Å²) in [5.74, 6) is -1.95. The number of hydrogen-bond donors (Lipinski definition) is 1. The van der Waals surface area contributed by atoms with Crippen molar-refractivity contribution in [3.63, 3.8) is 0 Å². The molecule has 1 aliphatic heterocycles. The van der Waals surface area contributed by atoms with E-state index in [1.165, 1.54) is 0 Å². The number of carbonyl (C=O) groups excluding carboxylic acids is 1. The molecule has 17 heavy (non-hydrogen) atoms. The highest BCUT2D eigenvalue weighted by Gasteiger charge is 2.40. The van der Waals surface area contributed by atoms with Crippen LogP contribution in [0.4, 0.5) is 13.2 Å². The second-order valence-corrected chi connectivity index (χ2v) is 4.54. The number of carbonyl (C=O) groups is 2. The van der Waals surface area contributed by atoms with Gasteiger partial charge < -0.3 is 10.0 Å². The maximum Gasteiger partial charge on any atom is 0.397 e. The summed E-state index contributed by atoms with van der Waals surface area (Å²) >= 11 is 0. The summed E-state index contributed by atoms with van der Waals surface area (Å²) in [6.07, 6.45) is -5.61. The Hall–Kier alpha value is -1.27. The molecule has 0 spiro atoms. The lowest BCUT2D eigenvalue weighted by Gasteiger charge is -2.36. The Balaban J connectivity index is 2.53. The Morgan fingerprint density at radius 3 is 2.12 bits per heavy atom. The third-order valence-electron chi connectivity index (χ3n) is 3.09. The van der Waals surface area contributed by atoms with Gasteiger partial charge in [-0.15, -0.1) is 0 Å². The Labute approximate surface area is 96.4 Å². The maximum absolute atomic E-state index is 12.0. The monoisotopic (exact) mass is 253 g/mol. The number of halogens is 3. The van der Waals surface area contributed by atoms with Crippen LogP contribution in [0.15, 0.2) is 0 Å². The number of alkyl halides is 3. The molecule has 0 saturated carbocycles. The minimum Gasteiger partial charge on any atom is -0.481 e. The van der Waals surface area contributed by atoms with Gasteiger partial charge in [0.1, 0.15) is 6.42 Å². The minimum atomic E-state index is -4.51. The van der Waals surface area contributed by atoms with E-state index < -0.39 is 29.9 Å². The molecule has 1 rings (SSSR count). The van der Waals surface area contributed by atoms with Gasteiger partial charge in [0.05, 0.1) is 5.41 Å². The second-order valence-electron chi connectivity index (χ2n) is 4.54. The van der Waals surface area contributed by atoms with Crippen LogP contribution >= 0.6 is 0 Å². The molecule has 0 unspecified atom stereocenters. The highest BCUT2D eigenvalue weighted by atomic mass is 19.4. The smallest absolute Gasteiger partial charge is 0.397 e. The van der Waals surface area contributed by atoms with Crippen molar-refractivity contribution in [1.29, 1.82) is 0 Å². The van der Waals surface area contributed by atoms with Gasteiger partial charge in [0.2, 0.25) is 5.91 Å². The van der Waals surface area contributed by atoms with Crippen molar-refractivity contribution in [2.75, 3.05) is 13.1 Å². The van der Waals surface area contributed by atoms with Crippen molar-refractivity contribution in [2.45, 2.75) is 32.4 Å². The predicted octanol–water partition coefficient (Wildman–Crippen LogP) is 1.65. The number of piperidine rings is 1. The molecule has 0 aromatic rings. The van der Waals surface area contributed by atoms with Crippen LogP contribution in [0, 0.1) is 5.41 Å². The van der Waals surface area contributed by atoms with E-state index in [0.29, 0.717) is 0 Å². The molecule has 0 radical (unpaired) electrons. The molecule has 0 aromatic heterocycles. The fraction of sp³-hybridized carbons (Fsp3) is 0.800. The van der Waals surface area contributed by atoms with Crippen molar-refractivity contribution >= 4 is 11.9 Å². The van der Waals surface area contributed by atoms with Gasteiger partial charge in [-0.2, -0.15) is 13.2 Å². The summed E-state index contributed by atoms with van der Waals surface area (Å²) in [7, 11) is 0. The largest absolute Gasteiger partial charge is 0.481 e. The van der Waals surface area contributed by atoms with Crippen molar-refractivity contribution in [1.82, 2.24) is 4.90 Å². The zero-order valence-electron chi connectivity index (χ0n) is 9.38. The summed E-state index contributed by atoms with van der Waals surface area (Å²) in [5.41, 5.74) is -0.936. The first-order valence-corrected chi connectivity index (χ1v) is 5.22. The third-order valence-corrected chi connectivity index (χ3v) is 3.09. The van der Waals surface area contributed by atoms with Gasteiger partial charge in [-0.25, -0.2) is 0 Å². The molecule has 1 heterocycles. The zero-order chi connectivity index (χ0) is 13.3. The first-order valence-electron chi connectivity index (χ1n) is 5.22. The van der Waals surface area contributed by atoms with Crippen LogP contribution in [0.5, 0.6) is 0 Å². The van der Waals surface area contributed by atoms with E-state index in [9.17, 15) is 22.8 Å². The maximum atomic E-state index is 12.0. The number of likely N-dealkylation sites (tertiary alicyclic amines) is 1. The van der Waals surface area contributed by atoms with Crippen LogP contribution in [0.1, 0.15) is 26.2 Å². The standard InChI is InChI=1S/C10H14F3NO3/c1-9(8(16)17)2-4-14(5-3-9)7(15)6-10(11,12)13/h2-6H2,1H3,(H,16,17). The summed E-state index contributed by atoms with van der Waals surface area (Å²) in [4.78, 5) is 23.2. The molecule has 4 nitrogen and oxygen atoms in total. The quantitative estimate of drug-likeness (QED) is 0.814. The summed E-state index contributed by atoms with van der Waals surface area (Å²) < 4.78 is 36.0. The van der Waals surface area contributed by atoms with Gasteiger partial charge in [-0.05, 0) is 19.8 Å². The van der Waals surface area contributed by atoms with Gasteiger partial charge in [-0.1, -0.05) is 0 Å².